The number of H-pyrrole nitrogens is 1. The fraction of sp³-hybridized carbons (Fsp3) is 0.240. The number of fused-ring (bicyclic) bond motifs is 1. The Morgan fingerprint density at radius 2 is 1.92 bits per heavy atom. The lowest BCUT2D eigenvalue weighted by molar-refractivity contribution is -0.117. The number of nitrogens with one attached hydrogen (secondary N) is 4. The van der Waals surface area contributed by atoms with E-state index in [0.29, 0.717) is 23.7 Å². The molecule has 1 aliphatic heterocycles. The number of aromatic amines is 1. The first kappa shape index (κ1) is 25.2. The van der Waals surface area contributed by atoms with Crippen molar-refractivity contribution in [3.05, 3.63) is 85.7 Å². The topological polar surface area (TPSA) is 156 Å². The smallest absolute Gasteiger partial charge is 0.331 e. The number of hydrogen-bond donors (Lipinski definition) is 4. The molecular weight excluding hydrogens is 480 g/mol. The summed E-state index contributed by atoms with van der Waals surface area (Å²) in [5.74, 6) is 0.0372. The van der Waals surface area contributed by atoms with E-state index in [-0.39, 0.29) is 42.7 Å². The lowest BCUT2D eigenvalue weighted by atomic mass is 10.1. The van der Waals surface area contributed by atoms with Crippen LogP contribution in [0.25, 0.3) is 6.08 Å². The molecule has 12 nitrogen and oxygen atoms in total. The quantitative estimate of drug-likeness (QED) is 0.358. The highest BCUT2D eigenvalue weighted by Gasteiger charge is 2.22. The number of aromatic nitrogens is 3. The maximum Gasteiger partial charge on any atom is 0.331 e. The Bertz CT molecular complexity index is 1460. The number of amides is 3. The van der Waals surface area contributed by atoms with E-state index < -0.39 is 17.2 Å². The van der Waals surface area contributed by atoms with Gasteiger partial charge in [0.25, 0.3) is 11.5 Å². The zero-order chi connectivity index (χ0) is 26.4. The van der Waals surface area contributed by atoms with Crippen molar-refractivity contribution < 1.29 is 19.1 Å². The summed E-state index contributed by atoms with van der Waals surface area (Å²) < 4.78 is 11.6. The zero-order valence-electron chi connectivity index (χ0n) is 20.3. The zero-order valence-corrected chi connectivity index (χ0v) is 20.3. The third kappa shape index (κ3) is 6.04. The number of benzene rings is 1. The van der Waals surface area contributed by atoms with Gasteiger partial charge in [-0.3, -0.25) is 19.1 Å². The maximum absolute atomic E-state index is 13.1. The van der Waals surface area contributed by atoms with Crippen LogP contribution in [-0.2, 0) is 17.9 Å². The van der Waals surface area contributed by atoms with Crippen molar-refractivity contribution in [2.45, 2.75) is 20.0 Å². The van der Waals surface area contributed by atoms with Crippen LogP contribution in [0, 0.1) is 0 Å². The van der Waals surface area contributed by atoms with Crippen molar-refractivity contribution in [3.63, 3.8) is 0 Å². The second-order valence-corrected chi connectivity index (χ2v) is 8.09. The van der Waals surface area contributed by atoms with Crippen LogP contribution in [0.3, 0.4) is 0 Å². The number of nitrogens with zero attached hydrogens (tertiary/aromatic N) is 2. The van der Waals surface area contributed by atoms with E-state index in [0.717, 1.165) is 10.1 Å². The van der Waals surface area contributed by atoms with E-state index in [1.807, 2.05) is 6.92 Å². The monoisotopic (exact) mass is 506 g/mol. The number of ether oxygens (including phenoxy) is 2. The van der Waals surface area contributed by atoms with E-state index in [2.05, 4.69) is 25.9 Å². The number of pyridine rings is 1. The molecule has 0 bridgehead atoms. The summed E-state index contributed by atoms with van der Waals surface area (Å²) in [6.07, 6.45) is 3.00. The van der Waals surface area contributed by atoms with Gasteiger partial charge in [0.05, 0.1) is 19.2 Å². The minimum Gasteiger partial charge on any atom is -0.481 e. The van der Waals surface area contributed by atoms with Crippen LogP contribution in [0.4, 0.5) is 10.5 Å². The molecule has 0 unspecified atom stereocenters. The van der Waals surface area contributed by atoms with Crippen molar-refractivity contribution in [1.29, 1.82) is 0 Å². The van der Waals surface area contributed by atoms with Gasteiger partial charge < -0.3 is 25.4 Å². The minimum atomic E-state index is -0.638. The van der Waals surface area contributed by atoms with Crippen LogP contribution >= 0.6 is 0 Å². The third-order valence-corrected chi connectivity index (χ3v) is 5.52. The highest BCUT2D eigenvalue weighted by Crippen LogP contribution is 2.20. The van der Waals surface area contributed by atoms with Gasteiger partial charge in [0, 0.05) is 31.0 Å². The van der Waals surface area contributed by atoms with Gasteiger partial charge in [0.15, 0.2) is 0 Å². The largest absolute Gasteiger partial charge is 0.481 e. The molecule has 4 rings (SSSR count). The Hall–Kier alpha value is -4.87. The van der Waals surface area contributed by atoms with Crippen molar-refractivity contribution in [1.82, 2.24) is 25.2 Å². The molecule has 0 radical (unpaired) electrons. The third-order valence-electron chi connectivity index (χ3n) is 5.52. The predicted octanol–water partition coefficient (Wildman–Crippen LogP) is 1.22. The van der Waals surface area contributed by atoms with Crippen molar-refractivity contribution in [2.24, 2.45) is 0 Å². The minimum absolute atomic E-state index is 0.0118. The van der Waals surface area contributed by atoms with E-state index >= 15 is 0 Å². The summed E-state index contributed by atoms with van der Waals surface area (Å²) in [5, 5.41) is 8.09. The average molecular weight is 507 g/mol. The molecule has 3 heterocycles. The van der Waals surface area contributed by atoms with Crippen LogP contribution < -0.4 is 36.7 Å². The Kier molecular flexibility index (Phi) is 7.67. The predicted molar refractivity (Wildman–Crippen MR) is 136 cm³/mol. The molecule has 192 valence electrons. The highest BCUT2D eigenvalue weighted by molar-refractivity contribution is 5.98. The molecule has 0 saturated carbocycles. The first-order valence-electron chi connectivity index (χ1n) is 11.5. The first-order chi connectivity index (χ1) is 17.9. The Balaban J connectivity index is 1.50. The van der Waals surface area contributed by atoms with Gasteiger partial charge in [-0.25, -0.2) is 14.6 Å². The summed E-state index contributed by atoms with van der Waals surface area (Å²) >= 11 is 0. The van der Waals surface area contributed by atoms with E-state index in [1.165, 1.54) is 13.2 Å². The summed E-state index contributed by atoms with van der Waals surface area (Å²) in [7, 11) is 1.50. The fourth-order valence-corrected chi connectivity index (χ4v) is 3.63. The SMILES string of the molecule is CCNC(=O)Nc1ccc(Cn2c(=O)[nH]c3c(c2=O)C=C(C(=O)NCc2ccnc(OC)c2)CO3)cc1. The van der Waals surface area contributed by atoms with Crippen LogP contribution in [0.5, 0.6) is 11.8 Å². The second kappa shape index (κ2) is 11.2. The number of hydrogen-bond acceptors (Lipinski definition) is 7. The van der Waals surface area contributed by atoms with Crippen LogP contribution in [0.1, 0.15) is 23.6 Å². The highest BCUT2D eigenvalue weighted by atomic mass is 16.5. The number of carbonyl (C=O) groups excluding carboxylic acids is 2. The van der Waals surface area contributed by atoms with Crippen molar-refractivity contribution in [2.75, 3.05) is 25.6 Å². The Labute approximate surface area is 211 Å². The van der Waals surface area contributed by atoms with Gasteiger partial charge in [-0.05, 0) is 42.3 Å². The van der Waals surface area contributed by atoms with Crippen LogP contribution in [0.2, 0.25) is 0 Å². The van der Waals surface area contributed by atoms with Gasteiger partial charge in [-0.1, -0.05) is 12.1 Å². The molecule has 12 heteroatoms. The number of methoxy groups -OCH3 is 1. The number of anilines is 1. The standard InChI is InChI=1S/C25H26N6O6/c1-3-26-24(34)29-18-6-4-15(5-7-18)13-31-23(33)19-11-17(14-37-22(19)30-25(31)35)21(32)28-12-16-8-9-27-20(10-16)36-2/h4-11H,3,12-14H2,1-2H3,(H,28,32)(H,30,35)(H2,26,29,34). The van der Waals surface area contributed by atoms with Crippen LogP contribution in [-0.4, -0.2) is 46.7 Å². The molecule has 0 aliphatic carbocycles. The van der Waals surface area contributed by atoms with E-state index in [9.17, 15) is 19.2 Å². The molecule has 3 amide bonds. The lowest BCUT2D eigenvalue weighted by Gasteiger charge is -2.18. The summed E-state index contributed by atoms with van der Waals surface area (Å²) in [6, 6.07) is 9.87. The van der Waals surface area contributed by atoms with Gasteiger partial charge >= 0.3 is 11.7 Å². The number of urea groups is 1. The van der Waals surface area contributed by atoms with E-state index in [1.54, 1.807) is 42.6 Å². The lowest BCUT2D eigenvalue weighted by Crippen LogP contribution is -2.39. The first-order valence-corrected chi connectivity index (χ1v) is 11.5. The Morgan fingerprint density at radius 1 is 1.14 bits per heavy atom. The number of carbonyl (C=O) groups is 2. The van der Waals surface area contributed by atoms with Gasteiger partial charge in [-0.2, -0.15) is 0 Å². The normalized spacial score (nSPS) is 12.0. The fourth-order valence-electron chi connectivity index (χ4n) is 3.63. The molecule has 0 fully saturated rings. The molecule has 0 saturated heterocycles. The van der Waals surface area contributed by atoms with Crippen LogP contribution in [0.15, 0.2) is 57.8 Å². The molecular formula is C25H26N6O6. The number of rotatable bonds is 8. The van der Waals surface area contributed by atoms with Crippen molar-refractivity contribution >= 4 is 23.7 Å². The van der Waals surface area contributed by atoms with Gasteiger partial charge in [0.2, 0.25) is 11.8 Å². The molecule has 0 atom stereocenters. The molecule has 1 aliphatic rings. The van der Waals surface area contributed by atoms with Crippen molar-refractivity contribution in [3.8, 4) is 11.8 Å². The molecule has 1 aromatic carbocycles. The molecule has 2 aromatic heterocycles. The van der Waals surface area contributed by atoms with Gasteiger partial charge in [-0.15, -0.1) is 0 Å². The average Bonchev–Trinajstić information content (AvgIpc) is 2.90. The summed E-state index contributed by atoms with van der Waals surface area (Å²) in [5.41, 5.74) is 1.12. The molecule has 3 aromatic rings. The maximum atomic E-state index is 13.1. The summed E-state index contributed by atoms with van der Waals surface area (Å²) in [4.78, 5) is 56.7. The van der Waals surface area contributed by atoms with Gasteiger partial charge in [0.1, 0.15) is 12.2 Å². The second-order valence-electron chi connectivity index (χ2n) is 8.09. The molecule has 37 heavy (non-hydrogen) atoms. The molecule has 4 N–H and O–H groups in total. The van der Waals surface area contributed by atoms with E-state index in [4.69, 9.17) is 9.47 Å². The Morgan fingerprint density at radius 3 is 2.65 bits per heavy atom. The summed E-state index contributed by atoms with van der Waals surface area (Å²) in [6.45, 7) is 2.42. The molecule has 0 spiro atoms.